The fourth-order valence-electron chi connectivity index (χ4n) is 0.931. The van der Waals surface area contributed by atoms with Crippen molar-refractivity contribution in [3.05, 3.63) is 36.2 Å². The van der Waals surface area contributed by atoms with Crippen molar-refractivity contribution in [3.8, 4) is 11.4 Å². The zero-order valence-corrected chi connectivity index (χ0v) is 7.10. The molecule has 1 radical (unpaired) electrons. The summed E-state index contributed by atoms with van der Waals surface area (Å²) >= 11 is 0. The highest BCUT2D eigenvalue weighted by molar-refractivity contribution is 5.52. The summed E-state index contributed by atoms with van der Waals surface area (Å²) in [4.78, 5) is 0. The van der Waals surface area contributed by atoms with Gasteiger partial charge in [-0.15, -0.1) is 20.4 Å². The van der Waals surface area contributed by atoms with Crippen LogP contribution in [-0.2, 0) is 0 Å². The topological polar surface area (TPSA) is 51.6 Å². The van der Waals surface area contributed by atoms with Gasteiger partial charge in [-0.2, -0.15) is 0 Å². The molecule has 0 atom stereocenters. The van der Waals surface area contributed by atoms with Crippen molar-refractivity contribution in [1.29, 1.82) is 0 Å². The maximum Gasteiger partial charge on any atom is 0.203 e. The molecule has 0 saturated carbocycles. The van der Waals surface area contributed by atoms with E-state index in [2.05, 4.69) is 26.5 Å². The second-order valence-electron chi connectivity index (χ2n) is 2.56. The molecule has 0 amide bonds. The van der Waals surface area contributed by atoms with E-state index in [4.69, 9.17) is 0 Å². The van der Waals surface area contributed by atoms with Gasteiger partial charge >= 0.3 is 0 Å². The Labute approximate surface area is 75.7 Å². The number of hydrogen-bond donors (Lipinski definition) is 0. The van der Waals surface area contributed by atoms with Gasteiger partial charge in [0.15, 0.2) is 5.82 Å². The third-order valence-corrected chi connectivity index (χ3v) is 1.56. The lowest BCUT2D eigenvalue weighted by Crippen LogP contribution is -1.98. The highest BCUT2D eigenvalue weighted by Crippen LogP contribution is 2.10. The Balaban J connectivity index is 2.42. The van der Waals surface area contributed by atoms with Crippen molar-refractivity contribution in [3.63, 3.8) is 0 Å². The van der Waals surface area contributed by atoms with E-state index < -0.39 is 0 Å². The zero-order valence-electron chi connectivity index (χ0n) is 7.10. The van der Waals surface area contributed by atoms with E-state index in [1.807, 2.05) is 12.1 Å². The molecule has 0 aliphatic carbocycles. The summed E-state index contributed by atoms with van der Waals surface area (Å²) < 4.78 is 0. The fraction of sp³-hybridized carbons (Fsp3) is 0.111. The predicted octanol–water partition coefficient (Wildman–Crippen LogP) is 1.04. The summed E-state index contributed by atoms with van der Waals surface area (Å²) in [5, 5.41) is 15.5. The second-order valence-corrected chi connectivity index (χ2v) is 2.56. The molecule has 0 aliphatic heterocycles. The van der Waals surface area contributed by atoms with Crippen LogP contribution in [0.5, 0.6) is 0 Å². The first kappa shape index (κ1) is 7.79. The lowest BCUT2D eigenvalue weighted by molar-refractivity contribution is 0.816. The molecule has 0 bridgehead atoms. The number of nitrogens with zero attached hydrogens (tertiary/aromatic N) is 4. The molecule has 1 heterocycles. The Morgan fingerprint density at radius 3 is 2.23 bits per heavy atom. The molecule has 0 unspecified atom stereocenters. The van der Waals surface area contributed by atoms with Gasteiger partial charge in [0.1, 0.15) is 0 Å². The summed E-state index contributed by atoms with van der Waals surface area (Å²) in [5.41, 5.74) is 0.902. The molecule has 0 N–H and O–H groups in total. The maximum absolute atomic E-state index is 3.91. The first-order chi connectivity index (χ1) is 6.36. The van der Waals surface area contributed by atoms with E-state index in [-0.39, 0.29) is 0 Å². The highest BCUT2D eigenvalue weighted by atomic mass is 15.3. The monoisotopic (exact) mass is 171 g/mol. The van der Waals surface area contributed by atoms with Gasteiger partial charge < -0.3 is 0 Å². The third-order valence-electron chi connectivity index (χ3n) is 1.56. The average Bonchev–Trinajstić information content (AvgIpc) is 2.20. The zero-order chi connectivity index (χ0) is 9.10. The van der Waals surface area contributed by atoms with Gasteiger partial charge in [0, 0.05) is 5.56 Å². The summed E-state index contributed by atoms with van der Waals surface area (Å²) in [6.45, 7) is 1.75. The molecule has 0 spiro atoms. The van der Waals surface area contributed by atoms with Crippen LogP contribution in [0.1, 0.15) is 5.82 Å². The van der Waals surface area contributed by atoms with Gasteiger partial charge in [-0.3, -0.25) is 0 Å². The SMILES string of the molecule is Cc1nnc(-c2cc[c]cc2)nn1. The fourth-order valence-corrected chi connectivity index (χ4v) is 0.931. The quantitative estimate of drug-likeness (QED) is 0.643. The van der Waals surface area contributed by atoms with Gasteiger partial charge in [-0.1, -0.05) is 24.3 Å². The van der Waals surface area contributed by atoms with Crippen molar-refractivity contribution < 1.29 is 0 Å². The minimum Gasteiger partial charge on any atom is -0.131 e. The molecule has 1 aromatic heterocycles. The molecule has 0 aliphatic rings. The van der Waals surface area contributed by atoms with Crippen molar-refractivity contribution in [2.75, 3.05) is 0 Å². The minimum absolute atomic E-state index is 0.541. The summed E-state index contributed by atoms with van der Waals surface area (Å²) in [5.74, 6) is 1.12. The van der Waals surface area contributed by atoms with Gasteiger partial charge in [0.2, 0.25) is 5.82 Å². The smallest absolute Gasteiger partial charge is 0.131 e. The van der Waals surface area contributed by atoms with E-state index in [1.165, 1.54) is 0 Å². The first-order valence-corrected chi connectivity index (χ1v) is 3.87. The largest absolute Gasteiger partial charge is 0.203 e. The van der Waals surface area contributed by atoms with Crippen LogP contribution in [-0.4, -0.2) is 20.4 Å². The Morgan fingerprint density at radius 2 is 1.62 bits per heavy atom. The van der Waals surface area contributed by atoms with Crippen molar-refractivity contribution >= 4 is 0 Å². The number of hydrogen-bond acceptors (Lipinski definition) is 4. The highest BCUT2D eigenvalue weighted by Gasteiger charge is 2.00. The molecule has 2 aromatic rings. The second kappa shape index (κ2) is 3.26. The molecular weight excluding hydrogens is 164 g/mol. The molecule has 1 aromatic carbocycles. The van der Waals surface area contributed by atoms with Crippen molar-refractivity contribution in [2.45, 2.75) is 6.92 Å². The number of rotatable bonds is 1. The Kier molecular flexibility index (Phi) is 1.96. The van der Waals surface area contributed by atoms with E-state index in [9.17, 15) is 0 Å². The van der Waals surface area contributed by atoms with E-state index in [1.54, 1.807) is 19.1 Å². The van der Waals surface area contributed by atoms with Crippen molar-refractivity contribution in [1.82, 2.24) is 20.4 Å². The van der Waals surface area contributed by atoms with E-state index in [0.29, 0.717) is 11.6 Å². The molecule has 2 rings (SSSR count). The van der Waals surface area contributed by atoms with Crippen LogP contribution in [0.3, 0.4) is 0 Å². The van der Waals surface area contributed by atoms with Gasteiger partial charge in [-0.05, 0) is 13.0 Å². The summed E-state index contributed by atoms with van der Waals surface area (Å²) in [6, 6.07) is 10.3. The minimum atomic E-state index is 0.541. The standard InChI is InChI=1S/C9H7N4/c1-7-10-12-9(13-11-7)8-5-3-2-4-6-8/h3-6H,1H3. The van der Waals surface area contributed by atoms with Gasteiger partial charge in [0.05, 0.1) is 0 Å². The van der Waals surface area contributed by atoms with Crippen LogP contribution < -0.4 is 0 Å². The molecule has 0 saturated heterocycles. The van der Waals surface area contributed by atoms with E-state index in [0.717, 1.165) is 5.56 Å². The van der Waals surface area contributed by atoms with Crippen LogP contribution in [0.2, 0.25) is 0 Å². The Hall–Kier alpha value is -1.84. The lowest BCUT2D eigenvalue weighted by Gasteiger charge is -1.95. The van der Waals surface area contributed by atoms with Crippen molar-refractivity contribution in [2.24, 2.45) is 0 Å². The van der Waals surface area contributed by atoms with Crippen LogP contribution in [0.25, 0.3) is 11.4 Å². The maximum atomic E-state index is 3.91. The number of aryl methyl sites for hydroxylation is 1. The summed E-state index contributed by atoms with van der Waals surface area (Å²) in [6.07, 6.45) is 0. The molecule has 4 nitrogen and oxygen atoms in total. The first-order valence-electron chi connectivity index (χ1n) is 3.87. The lowest BCUT2D eigenvalue weighted by atomic mass is 10.2. The molecule has 13 heavy (non-hydrogen) atoms. The Bertz CT molecular complexity index is 382. The van der Waals surface area contributed by atoms with Crippen LogP contribution in [0.15, 0.2) is 24.3 Å². The van der Waals surface area contributed by atoms with Crippen LogP contribution in [0, 0.1) is 13.0 Å². The summed E-state index contributed by atoms with van der Waals surface area (Å²) in [7, 11) is 0. The molecule has 63 valence electrons. The Morgan fingerprint density at radius 1 is 1.00 bits per heavy atom. The predicted molar refractivity (Wildman–Crippen MR) is 46.6 cm³/mol. The number of benzene rings is 1. The average molecular weight is 171 g/mol. The van der Waals surface area contributed by atoms with Gasteiger partial charge in [0.25, 0.3) is 0 Å². The number of aromatic nitrogens is 4. The molecular formula is C9H7N4. The molecule has 4 heteroatoms. The normalized spacial score (nSPS) is 9.92. The van der Waals surface area contributed by atoms with Gasteiger partial charge in [-0.25, -0.2) is 0 Å². The van der Waals surface area contributed by atoms with Crippen LogP contribution >= 0.6 is 0 Å². The van der Waals surface area contributed by atoms with Crippen LogP contribution in [0.4, 0.5) is 0 Å². The third kappa shape index (κ3) is 1.66. The molecule has 0 fully saturated rings. The van der Waals surface area contributed by atoms with E-state index >= 15 is 0 Å².